The molecule has 1 aliphatic heterocycles. The van der Waals surface area contributed by atoms with Gasteiger partial charge in [0.25, 0.3) is 0 Å². The molecule has 1 fully saturated rings. The van der Waals surface area contributed by atoms with Gasteiger partial charge in [-0.3, -0.25) is 4.68 Å². The summed E-state index contributed by atoms with van der Waals surface area (Å²) < 4.78 is 7.60. The number of fused-ring (bicyclic) bond motifs is 1. The predicted octanol–water partition coefficient (Wildman–Crippen LogP) is 1.62. The van der Waals surface area contributed by atoms with Crippen molar-refractivity contribution in [3.05, 3.63) is 17.5 Å². The van der Waals surface area contributed by atoms with Gasteiger partial charge in [-0.05, 0) is 33.1 Å². The fourth-order valence-electron chi connectivity index (χ4n) is 3.44. The fourth-order valence-corrected chi connectivity index (χ4v) is 3.44. The molecule has 0 aromatic carbocycles. The number of aryl methyl sites for hydroxylation is 1. The fraction of sp³-hybridized carbons (Fsp3) is 0.733. The lowest BCUT2D eigenvalue weighted by Gasteiger charge is -2.36. The van der Waals surface area contributed by atoms with Crippen LogP contribution in [0.1, 0.15) is 44.0 Å². The third-order valence-corrected chi connectivity index (χ3v) is 4.38. The van der Waals surface area contributed by atoms with Gasteiger partial charge in [0.2, 0.25) is 0 Å². The number of carbonyl (C=O) groups excluding carboxylic acids is 1. The van der Waals surface area contributed by atoms with Gasteiger partial charge in [-0.25, -0.2) is 4.79 Å². The van der Waals surface area contributed by atoms with E-state index in [0.29, 0.717) is 13.1 Å². The van der Waals surface area contributed by atoms with E-state index in [9.17, 15) is 4.79 Å². The molecule has 3 unspecified atom stereocenters. The van der Waals surface area contributed by atoms with Crippen LogP contribution in [0.3, 0.4) is 0 Å². The Hall–Kier alpha value is -1.56. The van der Waals surface area contributed by atoms with E-state index in [1.165, 1.54) is 11.3 Å². The van der Waals surface area contributed by atoms with Crippen LogP contribution in [0, 0.1) is 0 Å². The summed E-state index contributed by atoms with van der Waals surface area (Å²) in [6.45, 7) is 5.33. The smallest absolute Gasteiger partial charge is 0.318 e. The number of rotatable bonds is 1. The molecule has 3 atom stereocenters. The summed E-state index contributed by atoms with van der Waals surface area (Å²) in [5.41, 5.74) is 2.42. The third kappa shape index (κ3) is 2.90. The molecule has 2 amide bonds. The van der Waals surface area contributed by atoms with E-state index in [1.807, 2.05) is 36.7 Å². The molecule has 1 N–H and O–H groups in total. The molecule has 116 valence electrons. The lowest BCUT2D eigenvalue weighted by Crippen LogP contribution is -2.52. The summed E-state index contributed by atoms with van der Waals surface area (Å²) >= 11 is 0. The van der Waals surface area contributed by atoms with Crippen molar-refractivity contribution >= 4 is 6.03 Å². The molecule has 1 saturated heterocycles. The molecule has 6 nitrogen and oxygen atoms in total. The Morgan fingerprint density at radius 2 is 2.10 bits per heavy atom. The van der Waals surface area contributed by atoms with Crippen LogP contribution in [0.15, 0.2) is 6.20 Å². The van der Waals surface area contributed by atoms with Gasteiger partial charge in [-0.2, -0.15) is 5.10 Å². The number of hydrogen-bond donors (Lipinski definition) is 1. The van der Waals surface area contributed by atoms with Crippen LogP contribution < -0.4 is 5.32 Å². The van der Waals surface area contributed by atoms with E-state index in [2.05, 4.69) is 10.4 Å². The predicted molar refractivity (Wildman–Crippen MR) is 79.0 cm³/mol. The first-order valence-electron chi connectivity index (χ1n) is 7.76. The lowest BCUT2D eigenvalue weighted by molar-refractivity contribution is -0.0548. The zero-order chi connectivity index (χ0) is 15.0. The van der Waals surface area contributed by atoms with Gasteiger partial charge < -0.3 is 15.0 Å². The topological polar surface area (TPSA) is 59.4 Å². The van der Waals surface area contributed by atoms with Crippen LogP contribution in [0.25, 0.3) is 0 Å². The maximum Gasteiger partial charge on any atom is 0.318 e. The summed E-state index contributed by atoms with van der Waals surface area (Å²) in [7, 11) is 1.97. The van der Waals surface area contributed by atoms with Crippen LogP contribution in [0.5, 0.6) is 0 Å². The third-order valence-electron chi connectivity index (χ3n) is 4.38. The second-order valence-corrected chi connectivity index (χ2v) is 6.23. The van der Waals surface area contributed by atoms with Gasteiger partial charge >= 0.3 is 6.03 Å². The van der Waals surface area contributed by atoms with Crippen LogP contribution in [0.2, 0.25) is 0 Å². The highest BCUT2D eigenvalue weighted by Crippen LogP contribution is 2.29. The van der Waals surface area contributed by atoms with Crippen molar-refractivity contribution in [2.45, 2.75) is 51.4 Å². The summed E-state index contributed by atoms with van der Waals surface area (Å²) in [6, 6.07) is 0.0992. The Kier molecular flexibility index (Phi) is 3.89. The molecule has 3 rings (SSSR count). The van der Waals surface area contributed by atoms with Gasteiger partial charge in [0, 0.05) is 31.4 Å². The maximum absolute atomic E-state index is 12.5. The zero-order valence-corrected chi connectivity index (χ0v) is 13.0. The molecular formula is C15H24N4O2. The van der Waals surface area contributed by atoms with Gasteiger partial charge in [0.05, 0.1) is 24.4 Å². The molecule has 21 heavy (non-hydrogen) atoms. The summed E-state index contributed by atoms with van der Waals surface area (Å²) in [6.07, 6.45) is 5.21. The molecule has 0 radical (unpaired) electrons. The second kappa shape index (κ2) is 5.67. The summed E-state index contributed by atoms with van der Waals surface area (Å²) in [4.78, 5) is 14.4. The van der Waals surface area contributed by atoms with Crippen molar-refractivity contribution in [3.63, 3.8) is 0 Å². The Bertz CT molecular complexity index is 518. The van der Waals surface area contributed by atoms with E-state index in [-0.39, 0.29) is 24.3 Å². The first-order chi connectivity index (χ1) is 10.0. The molecule has 1 aromatic rings. The Balaban J connectivity index is 1.68. The number of ether oxygens (including phenoxy) is 1. The molecule has 2 heterocycles. The van der Waals surface area contributed by atoms with E-state index < -0.39 is 0 Å². The maximum atomic E-state index is 12.5. The number of amides is 2. The molecule has 1 aromatic heterocycles. The van der Waals surface area contributed by atoms with Crippen molar-refractivity contribution < 1.29 is 9.53 Å². The van der Waals surface area contributed by atoms with E-state index >= 15 is 0 Å². The van der Waals surface area contributed by atoms with Crippen LogP contribution in [-0.4, -0.2) is 46.0 Å². The first-order valence-corrected chi connectivity index (χ1v) is 7.76. The van der Waals surface area contributed by atoms with Crippen molar-refractivity contribution in [3.8, 4) is 0 Å². The quantitative estimate of drug-likeness (QED) is 0.855. The van der Waals surface area contributed by atoms with Gasteiger partial charge in [0.15, 0.2) is 0 Å². The highest BCUT2D eigenvalue weighted by atomic mass is 16.5. The van der Waals surface area contributed by atoms with Crippen molar-refractivity contribution in [2.75, 3.05) is 13.1 Å². The molecule has 0 saturated carbocycles. The monoisotopic (exact) mass is 292 g/mol. The number of aromatic nitrogens is 2. The average Bonchev–Trinajstić information content (AvgIpc) is 2.81. The molecule has 0 bridgehead atoms. The minimum atomic E-state index is 0.0127. The molecule has 2 aliphatic rings. The van der Waals surface area contributed by atoms with Gasteiger partial charge in [-0.1, -0.05) is 0 Å². The summed E-state index contributed by atoms with van der Waals surface area (Å²) in [5, 5.41) is 7.50. The van der Waals surface area contributed by atoms with Crippen molar-refractivity contribution in [2.24, 2.45) is 7.05 Å². The van der Waals surface area contributed by atoms with Crippen LogP contribution in [0.4, 0.5) is 4.79 Å². The number of nitrogens with zero attached hydrogens (tertiary/aromatic N) is 3. The number of hydrogen-bond acceptors (Lipinski definition) is 3. The number of carbonyl (C=O) groups is 1. The minimum Gasteiger partial charge on any atom is -0.372 e. The normalized spacial score (nSPS) is 29.1. The van der Waals surface area contributed by atoms with E-state index in [1.54, 1.807) is 0 Å². The van der Waals surface area contributed by atoms with Gasteiger partial charge in [-0.15, -0.1) is 0 Å². The lowest BCUT2D eigenvalue weighted by atomic mass is 9.93. The number of nitrogens with one attached hydrogen (secondary N) is 1. The van der Waals surface area contributed by atoms with E-state index in [4.69, 9.17) is 4.74 Å². The highest BCUT2D eigenvalue weighted by molar-refractivity contribution is 5.75. The summed E-state index contributed by atoms with van der Waals surface area (Å²) in [5.74, 6) is 0. The molecular weight excluding hydrogens is 268 g/mol. The molecule has 0 spiro atoms. The van der Waals surface area contributed by atoms with E-state index in [0.717, 1.165) is 19.3 Å². The van der Waals surface area contributed by atoms with Gasteiger partial charge in [0.1, 0.15) is 0 Å². The number of urea groups is 1. The van der Waals surface area contributed by atoms with Crippen molar-refractivity contribution in [1.29, 1.82) is 0 Å². The molecule has 1 aliphatic carbocycles. The van der Waals surface area contributed by atoms with Crippen LogP contribution >= 0.6 is 0 Å². The standard InChI is InChI=1S/C15H24N4O2/c1-10-8-19(9-11(2)21-10)15(20)17-13-5-4-6-14-12(13)7-16-18(14)3/h7,10-11,13H,4-6,8-9H2,1-3H3,(H,17,20). The Morgan fingerprint density at radius 1 is 1.38 bits per heavy atom. The largest absolute Gasteiger partial charge is 0.372 e. The number of morpholine rings is 1. The van der Waals surface area contributed by atoms with Crippen molar-refractivity contribution in [1.82, 2.24) is 20.0 Å². The molecule has 6 heteroatoms. The highest BCUT2D eigenvalue weighted by Gasteiger charge is 2.29. The first kappa shape index (κ1) is 14.4. The Morgan fingerprint density at radius 3 is 2.81 bits per heavy atom. The Labute approximate surface area is 125 Å². The minimum absolute atomic E-state index is 0.0127. The second-order valence-electron chi connectivity index (χ2n) is 6.23. The van der Waals surface area contributed by atoms with Crippen LogP contribution in [-0.2, 0) is 18.2 Å². The average molecular weight is 292 g/mol. The SMILES string of the molecule is CC1CN(C(=O)NC2CCCc3c2cnn3C)CC(C)O1. The zero-order valence-electron chi connectivity index (χ0n) is 13.0.